The van der Waals surface area contributed by atoms with Gasteiger partial charge in [0, 0.05) is 26.2 Å². The van der Waals surface area contributed by atoms with Crippen LogP contribution in [-0.4, -0.2) is 37.0 Å². The van der Waals surface area contributed by atoms with Crippen LogP contribution in [0.1, 0.15) is 43.7 Å². The lowest BCUT2D eigenvalue weighted by Gasteiger charge is -2.38. The highest BCUT2D eigenvalue weighted by Gasteiger charge is 2.43. The fourth-order valence-electron chi connectivity index (χ4n) is 3.80. The quantitative estimate of drug-likeness (QED) is 0.682. The van der Waals surface area contributed by atoms with Crippen LogP contribution < -0.4 is 5.32 Å². The predicted molar refractivity (Wildman–Crippen MR) is 93.3 cm³/mol. The van der Waals surface area contributed by atoms with E-state index in [0.29, 0.717) is 5.41 Å². The minimum Gasteiger partial charge on any atom is -0.357 e. The third-order valence-corrected chi connectivity index (χ3v) is 5.39. The summed E-state index contributed by atoms with van der Waals surface area (Å²) in [6.45, 7) is 8.56. The van der Waals surface area contributed by atoms with E-state index in [1.54, 1.807) is 0 Å². The van der Waals surface area contributed by atoms with Crippen LogP contribution in [0.15, 0.2) is 29.3 Å². The molecule has 0 amide bonds. The maximum atomic E-state index is 4.89. The topological polar surface area (TPSA) is 27.6 Å². The highest BCUT2D eigenvalue weighted by atomic mass is 15.3. The molecule has 2 fully saturated rings. The zero-order valence-corrected chi connectivity index (χ0v) is 14.1. The van der Waals surface area contributed by atoms with Gasteiger partial charge in [0.25, 0.3) is 0 Å². The highest BCUT2D eigenvalue weighted by Crippen LogP contribution is 2.47. The lowest BCUT2D eigenvalue weighted by molar-refractivity contribution is 0.151. The Morgan fingerprint density at radius 3 is 2.73 bits per heavy atom. The van der Waals surface area contributed by atoms with E-state index in [-0.39, 0.29) is 0 Å². The number of rotatable bonds is 4. The van der Waals surface area contributed by atoms with Gasteiger partial charge < -0.3 is 10.2 Å². The molecule has 1 aromatic carbocycles. The van der Waals surface area contributed by atoms with Crippen LogP contribution in [0.5, 0.6) is 0 Å². The first-order valence-electron chi connectivity index (χ1n) is 8.80. The van der Waals surface area contributed by atoms with Gasteiger partial charge in [-0.1, -0.05) is 30.7 Å². The second-order valence-electron chi connectivity index (χ2n) is 6.94. The molecule has 2 aliphatic rings. The predicted octanol–water partition coefficient (Wildman–Crippen LogP) is 3.38. The molecule has 1 aliphatic carbocycles. The molecule has 1 aromatic rings. The Hall–Kier alpha value is -1.51. The number of nitrogens with one attached hydrogen (secondary N) is 1. The Kier molecular flexibility index (Phi) is 4.70. The van der Waals surface area contributed by atoms with Crippen LogP contribution in [0.4, 0.5) is 0 Å². The molecule has 3 rings (SSSR count). The normalized spacial score (nSPS) is 20.3. The van der Waals surface area contributed by atoms with E-state index in [2.05, 4.69) is 48.3 Å². The summed E-state index contributed by atoms with van der Waals surface area (Å²) in [6, 6.07) is 8.63. The minimum atomic E-state index is 0.631. The molecule has 1 saturated heterocycles. The van der Waals surface area contributed by atoms with Crippen molar-refractivity contribution in [2.24, 2.45) is 10.4 Å². The monoisotopic (exact) mass is 299 g/mol. The van der Waals surface area contributed by atoms with E-state index in [0.717, 1.165) is 25.5 Å². The molecule has 1 heterocycles. The average Bonchev–Trinajstić information content (AvgIpc) is 2.94. The average molecular weight is 299 g/mol. The number of nitrogens with zero attached hydrogens (tertiary/aromatic N) is 2. The molecular weight excluding hydrogens is 270 g/mol. The van der Waals surface area contributed by atoms with Crippen LogP contribution in [-0.2, 0) is 6.42 Å². The molecule has 1 spiro atoms. The van der Waals surface area contributed by atoms with Crippen molar-refractivity contribution in [2.75, 3.05) is 26.2 Å². The summed E-state index contributed by atoms with van der Waals surface area (Å²) < 4.78 is 0. The molecule has 0 aromatic heterocycles. The molecule has 0 bridgehead atoms. The minimum absolute atomic E-state index is 0.631. The zero-order valence-electron chi connectivity index (χ0n) is 14.1. The van der Waals surface area contributed by atoms with Crippen LogP contribution >= 0.6 is 0 Å². The number of benzene rings is 1. The van der Waals surface area contributed by atoms with Crippen molar-refractivity contribution < 1.29 is 0 Å². The van der Waals surface area contributed by atoms with E-state index in [1.807, 2.05) is 0 Å². The largest absolute Gasteiger partial charge is 0.357 e. The van der Waals surface area contributed by atoms with Crippen molar-refractivity contribution in [1.29, 1.82) is 0 Å². The van der Waals surface area contributed by atoms with Gasteiger partial charge in [0.1, 0.15) is 0 Å². The zero-order chi connectivity index (χ0) is 15.4. The Labute approximate surface area is 134 Å². The Morgan fingerprint density at radius 2 is 2.09 bits per heavy atom. The fraction of sp³-hybridized carbons (Fsp3) is 0.632. The van der Waals surface area contributed by atoms with Crippen molar-refractivity contribution in [2.45, 2.75) is 46.0 Å². The Bertz CT molecular complexity index is 531. The first-order chi connectivity index (χ1) is 10.7. The van der Waals surface area contributed by atoms with Crippen LogP contribution in [0, 0.1) is 12.3 Å². The molecule has 1 aliphatic heterocycles. The second-order valence-corrected chi connectivity index (χ2v) is 6.94. The maximum absolute atomic E-state index is 4.89. The molecule has 1 N–H and O–H groups in total. The SMILES string of the molecule is CCNC(=NCCc1ccccc1C)N1CCC2(CCC2)C1. The molecule has 1 saturated carbocycles. The van der Waals surface area contributed by atoms with Gasteiger partial charge in [0.2, 0.25) is 0 Å². The fourth-order valence-corrected chi connectivity index (χ4v) is 3.80. The number of aryl methyl sites for hydroxylation is 1. The molecule has 3 heteroatoms. The lowest BCUT2D eigenvalue weighted by Crippen LogP contribution is -2.42. The van der Waals surface area contributed by atoms with Crippen molar-refractivity contribution in [1.82, 2.24) is 10.2 Å². The molecular formula is C19H29N3. The summed E-state index contributed by atoms with van der Waals surface area (Å²) in [6.07, 6.45) is 6.66. The number of likely N-dealkylation sites (tertiary alicyclic amines) is 1. The van der Waals surface area contributed by atoms with E-state index in [4.69, 9.17) is 4.99 Å². The van der Waals surface area contributed by atoms with Crippen LogP contribution in [0.3, 0.4) is 0 Å². The van der Waals surface area contributed by atoms with Crippen molar-refractivity contribution >= 4 is 5.96 Å². The Morgan fingerprint density at radius 1 is 1.27 bits per heavy atom. The molecule has 0 atom stereocenters. The van der Waals surface area contributed by atoms with Crippen LogP contribution in [0.25, 0.3) is 0 Å². The smallest absolute Gasteiger partial charge is 0.193 e. The third kappa shape index (κ3) is 3.29. The second kappa shape index (κ2) is 6.72. The van der Waals surface area contributed by atoms with Gasteiger partial charge in [0.05, 0.1) is 0 Å². The van der Waals surface area contributed by atoms with Gasteiger partial charge in [-0.3, -0.25) is 4.99 Å². The molecule has 120 valence electrons. The van der Waals surface area contributed by atoms with E-state index >= 15 is 0 Å². The highest BCUT2D eigenvalue weighted by molar-refractivity contribution is 5.80. The summed E-state index contributed by atoms with van der Waals surface area (Å²) in [4.78, 5) is 7.37. The number of hydrogen-bond donors (Lipinski definition) is 1. The summed E-state index contributed by atoms with van der Waals surface area (Å²) in [5.74, 6) is 1.12. The number of hydrogen-bond acceptors (Lipinski definition) is 1. The molecule has 3 nitrogen and oxygen atoms in total. The Balaban J connectivity index is 1.60. The summed E-state index contributed by atoms with van der Waals surface area (Å²) in [5.41, 5.74) is 3.42. The summed E-state index contributed by atoms with van der Waals surface area (Å²) in [7, 11) is 0. The number of guanidine groups is 1. The maximum Gasteiger partial charge on any atom is 0.193 e. The summed E-state index contributed by atoms with van der Waals surface area (Å²) in [5, 5.41) is 3.49. The van der Waals surface area contributed by atoms with Gasteiger partial charge in [-0.05, 0) is 56.1 Å². The van der Waals surface area contributed by atoms with Crippen molar-refractivity contribution in [3.63, 3.8) is 0 Å². The van der Waals surface area contributed by atoms with E-state index in [9.17, 15) is 0 Å². The van der Waals surface area contributed by atoms with Gasteiger partial charge in [0.15, 0.2) is 5.96 Å². The first kappa shape index (κ1) is 15.4. The molecule has 0 radical (unpaired) electrons. The van der Waals surface area contributed by atoms with E-state index < -0.39 is 0 Å². The molecule has 22 heavy (non-hydrogen) atoms. The van der Waals surface area contributed by atoms with Gasteiger partial charge in [-0.25, -0.2) is 0 Å². The van der Waals surface area contributed by atoms with E-state index in [1.165, 1.54) is 49.9 Å². The van der Waals surface area contributed by atoms with Crippen LogP contribution in [0.2, 0.25) is 0 Å². The molecule has 0 unspecified atom stereocenters. The third-order valence-electron chi connectivity index (χ3n) is 5.39. The number of aliphatic imine (C=N–C) groups is 1. The van der Waals surface area contributed by atoms with Gasteiger partial charge in [-0.2, -0.15) is 0 Å². The van der Waals surface area contributed by atoms with Crippen molar-refractivity contribution in [3.05, 3.63) is 35.4 Å². The van der Waals surface area contributed by atoms with Gasteiger partial charge in [-0.15, -0.1) is 0 Å². The standard InChI is InChI=1S/C19H29N3/c1-3-20-18(22-14-12-19(15-22)10-6-11-19)21-13-9-17-8-5-4-7-16(17)2/h4-5,7-8H,3,6,9-15H2,1-2H3,(H,20,21). The first-order valence-corrected chi connectivity index (χ1v) is 8.80. The van der Waals surface area contributed by atoms with Gasteiger partial charge >= 0.3 is 0 Å². The lowest BCUT2D eigenvalue weighted by atomic mass is 9.68. The van der Waals surface area contributed by atoms with Crippen molar-refractivity contribution in [3.8, 4) is 0 Å². The summed E-state index contributed by atoms with van der Waals surface area (Å²) >= 11 is 0.